The van der Waals surface area contributed by atoms with E-state index in [0.717, 1.165) is 44.9 Å². The molecule has 0 aromatic rings. The molecule has 4 saturated carbocycles. The van der Waals surface area contributed by atoms with Crippen molar-refractivity contribution in [3.63, 3.8) is 0 Å². The maximum Gasteiger partial charge on any atom is 0.333 e. The Balaban J connectivity index is 2.02. The summed E-state index contributed by atoms with van der Waals surface area (Å²) in [6.07, 6.45) is 8.09. The molecule has 0 radical (unpaired) electrons. The summed E-state index contributed by atoms with van der Waals surface area (Å²) in [4.78, 5) is 25.1. The van der Waals surface area contributed by atoms with Crippen LogP contribution in [-0.2, 0) is 19.1 Å². The Morgan fingerprint density at radius 2 is 1.17 bits per heavy atom. The largest absolute Gasteiger partial charge is 0.455 e. The Labute approximate surface area is 182 Å². The second-order valence-electron chi connectivity index (χ2n) is 11.0. The number of carbonyl (C=O) groups is 2. The number of carbonyl (C=O) groups excluding carboxylic acids is 2. The molecule has 4 rings (SSSR count). The summed E-state index contributed by atoms with van der Waals surface area (Å²) in [6, 6.07) is 0. The van der Waals surface area contributed by atoms with Crippen LogP contribution in [0.2, 0.25) is 0 Å². The summed E-state index contributed by atoms with van der Waals surface area (Å²) in [5.74, 6) is 0.595. The molecular weight excluding hydrogens is 376 g/mol. The average molecular weight is 417 g/mol. The number of esters is 2. The first-order chi connectivity index (χ1) is 13.8. The van der Waals surface area contributed by atoms with Crippen LogP contribution in [0.25, 0.3) is 0 Å². The summed E-state index contributed by atoms with van der Waals surface area (Å²) in [5.41, 5.74) is -0.352. The van der Waals surface area contributed by atoms with Gasteiger partial charge in [-0.05, 0) is 90.9 Å². The Morgan fingerprint density at radius 3 is 1.43 bits per heavy atom. The third kappa shape index (κ3) is 3.44. The molecule has 0 N–H and O–H groups in total. The maximum atomic E-state index is 12.6. The lowest BCUT2D eigenvalue weighted by Gasteiger charge is -2.69. The first kappa shape index (κ1) is 23.1. The molecule has 4 aliphatic carbocycles. The third-order valence-electron chi connectivity index (χ3n) is 8.99. The van der Waals surface area contributed by atoms with Crippen molar-refractivity contribution in [2.24, 2.45) is 22.7 Å². The maximum absolute atomic E-state index is 12.6. The first-order valence-electron chi connectivity index (χ1n) is 11.6. The molecule has 0 aromatic heterocycles. The first-order valence-corrected chi connectivity index (χ1v) is 11.6. The molecular formula is C26H40O4. The monoisotopic (exact) mass is 416 g/mol. The normalized spacial score (nSPS) is 35.8. The van der Waals surface area contributed by atoms with Crippen LogP contribution in [0, 0.1) is 22.7 Å². The standard InChI is InChI=1S/C26H40O4/c1-9-23(7,29-21(27)17(3)4)25-12-19-11-20(13-25)15-26(14-19,16-25)24(8,10-2)30-22(28)18(5)6/h19-20H,3,5,9-16H2,1-2,4,6-8H3. The third-order valence-corrected chi connectivity index (χ3v) is 8.99. The Bertz CT molecular complexity index is 691. The molecule has 4 aliphatic rings. The molecule has 0 spiro atoms. The van der Waals surface area contributed by atoms with E-state index >= 15 is 0 Å². The van der Waals surface area contributed by atoms with Crippen LogP contribution in [0.4, 0.5) is 0 Å². The summed E-state index contributed by atoms with van der Waals surface area (Å²) >= 11 is 0. The van der Waals surface area contributed by atoms with Crippen molar-refractivity contribution in [2.45, 2.75) is 104 Å². The van der Waals surface area contributed by atoms with Gasteiger partial charge in [-0.15, -0.1) is 0 Å². The van der Waals surface area contributed by atoms with Gasteiger partial charge in [0.15, 0.2) is 0 Å². The molecule has 0 saturated heterocycles. The molecule has 4 bridgehead atoms. The summed E-state index contributed by atoms with van der Waals surface area (Å²) in [5, 5.41) is 0. The zero-order chi connectivity index (χ0) is 22.5. The van der Waals surface area contributed by atoms with E-state index in [4.69, 9.17) is 9.47 Å². The minimum Gasteiger partial charge on any atom is -0.455 e. The molecule has 0 aromatic carbocycles. The molecule has 4 nitrogen and oxygen atoms in total. The van der Waals surface area contributed by atoms with Gasteiger partial charge in [-0.1, -0.05) is 27.0 Å². The Hall–Kier alpha value is -1.58. The van der Waals surface area contributed by atoms with E-state index in [9.17, 15) is 9.59 Å². The van der Waals surface area contributed by atoms with Crippen molar-refractivity contribution >= 4 is 11.9 Å². The molecule has 2 unspecified atom stereocenters. The van der Waals surface area contributed by atoms with Crippen molar-refractivity contribution in [3.05, 3.63) is 24.3 Å². The van der Waals surface area contributed by atoms with E-state index in [2.05, 4.69) is 40.9 Å². The van der Waals surface area contributed by atoms with Gasteiger partial charge in [0.2, 0.25) is 0 Å². The van der Waals surface area contributed by atoms with Crippen molar-refractivity contribution in [1.29, 1.82) is 0 Å². The Kier molecular flexibility index (Phi) is 5.79. The molecule has 0 amide bonds. The predicted molar refractivity (Wildman–Crippen MR) is 119 cm³/mol. The smallest absolute Gasteiger partial charge is 0.333 e. The highest BCUT2D eigenvalue weighted by molar-refractivity contribution is 5.87. The van der Waals surface area contributed by atoms with Crippen molar-refractivity contribution in [2.75, 3.05) is 0 Å². The number of ether oxygens (including phenoxy) is 2. The van der Waals surface area contributed by atoms with Gasteiger partial charge in [-0.3, -0.25) is 0 Å². The second kappa shape index (κ2) is 7.53. The lowest BCUT2D eigenvalue weighted by Crippen LogP contribution is -2.66. The van der Waals surface area contributed by atoms with Crippen LogP contribution in [-0.4, -0.2) is 23.1 Å². The fourth-order valence-corrected chi connectivity index (χ4v) is 7.19. The van der Waals surface area contributed by atoms with Crippen LogP contribution >= 0.6 is 0 Å². The van der Waals surface area contributed by atoms with E-state index in [1.54, 1.807) is 13.8 Å². The lowest BCUT2D eigenvalue weighted by molar-refractivity contribution is -0.256. The topological polar surface area (TPSA) is 52.6 Å². The van der Waals surface area contributed by atoms with Crippen molar-refractivity contribution in [3.8, 4) is 0 Å². The van der Waals surface area contributed by atoms with Crippen LogP contribution in [0.15, 0.2) is 24.3 Å². The van der Waals surface area contributed by atoms with Gasteiger partial charge in [0.05, 0.1) is 0 Å². The van der Waals surface area contributed by atoms with Crippen LogP contribution in [0.5, 0.6) is 0 Å². The van der Waals surface area contributed by atoms with E-state index in [0.29, 0.717) is 23.0 Å². The van der Waals surface area contributed by atoms with Gasteiger partial charge in [0, 0.05) is 22.0 Å². The quantitative estimate of drug-likeness (QED) is 0.352. The highest BCUT2D eigenvalue weighted by Crippen LogP contribution is 2.72. The number of rotatable bonds is 8. The molecule has 168 valence electrons. The van der Waals surface area contributed by atoms with Gasteiger partial charge in [-0.2, -0.15) is 0 Å². The predicted octanol–water partition coefficient (Wildman–Crippen LogP) is 6.15. The van der Waals surface area contributed by atoms with Gasteiger partial charge < -0.3 is 9.47 Å². The average Bonchev–Trinajstić information content (AvgIpc) is 2.66. The summed E-state index contributed by atoms with van der Waals surface area (Å²) in [6.45, 7) is 19.5. The van der Waals surface area contributed by atoms with Crippen LogP contribution < -0.4 is 0 Å². The van der Waals surface area contributed by atoms with E-state index < -0.39 is 11.2 Å². The van der Waals surface area contributed by atoms with Gasteiger partial charge >= 0.3 is 11.9 Å². The molecule has 0 aliphatic heterocycles. The number of hydrogen-bond donors (Lipinski definition) is 0. The molecule has 4 heteroatoms. The fraction of sp³-hybridized carbons (Fsp3) is 0.769. The Morgan fingerprint density at radius 1 is 0.833 bits per heavy atom. The van der Waals surface area contributed by atoms with Gasteiger partial charge in [0.1, 0.15) is 11.2 Å². The van der Waals surface area contributed by atoms with Crippen LogP contribution in [0.3, 0.4) is 0 Å². The zero-order valence-corrected chi connectivity index (χ0v) is 19.9. The highest BCUT2D eigenvalue weighted by Gasteiger charge is 2.68. The van der Waals surface area contributed by atoms with E-state index in [-0.39, 0.29) is 22.8 Å². The zero-order valence-electron chi connectivity index (χ0n) is 19.9. The SMILES string of the molecule is C=C(C)C(=O)OC(C)(CC)C12CC3CC(C1)CC(C(C)(CC)OC(=O)C(=C)C)(C3)C2. The van der Waals surface area contributed by atoms with Crippen molar-refractivity contribution < 1.29 is 19.1 Å². The van der Waals surface area contributed by atoms with E-state index in [1.807, 2.05) is 0 Å². The molecule has 4 fully saturated rings. The molecule has 30 heavy (non-hydrogen) atoms. The minimum absolute atomic E-state index is 0.0804. The van der Waals surface area contributed by atoms with Crippen molar-refractivity contribution in [1.82, 2.24) is 0 Å². The van der Waals surface area contributed by atoms with Crippen LogP contribution in [0.1, 0.15) is 92.9 Å². The molecule has 0 heterocycles. The summed E-state index contributed by atoms with van der Waals surface area (Å²) in [7, 11) is 0. The fourth-order valence-electron chi connectivity index (χ4n) is 7.19. The number of hydrogen-bond acceptors (Lipinski definition) is 4. The minimum atomic E-state index is -0.543. The van der Waals surface area contributed by atoms with Gasteiger partial charge in [0.25, 0.3) is 0 Å². The lowest BCUT2D eigenvalue weighted by atomic mass is 9.38. The highest BCUT2D eigenvalue weighted by atomic mass is 16.6. The van der Waals surface area contributed by atoms with Gasteiger partial charge in [-0.25, -0.2) is 9.59 Å². The summed E-state index contributed by atoms with van der Waals surface area (Å²) < 4.78 is 12.4. The second-order valence-corrected chi connectivity index (χ2v) is 11.0. The molecule has 2 atom stereocenters. The van der Waals surface area contributed by atoms with E-state index in [1.165, 1.54) is 6.42 Å².